The lowest BCUT2D eigenvalue weighted by Gasteiger charge is -2.37. The minimum absolute atomic E-state index is 0.0971. The van der Waals surface area contributed by atoms with Crippen molar-refractivity contribution in [2.24, 2.45) is 23.7 Å². The number of likely N-dealkylation sites (tertiary alicyclic amines) is 1. The second-order valence-electron chi connectivity index (χ2n) is 8.91. The predicted octanol–water partition coefficient (Wildman–Crippen LogP) is 1.65. The van der Waals surface area contributed by atoms with Crippen molar-refractivity contribution in [1.82, 2.24) is 20.0 Å². The summed E-state index contributed by atoms with van der Waals surface area (Å²) in [6.07, 6.45) is 8.30. The third-order valence-corrected chi connectivity index (χ3v) is 8.29. The van der Waals surface area contributed by atoms with Gasteiger partial charge in [0.1, 0.15) is 11.7 Å². The predicted molar refractivity (Wildman–Crippen MR) is 118 cm³/mol. The van der Waals surface area contributed by atoms with Crippen molar-refractivity contribution in [1.29, 1.82) is 0 Å². The first kappa shape index (κ1) is 20.6. The summed E-state index contributed by atoms with van der Waals surface area (Å²) in [5.41, 5.74) is 8.73. The number of piperidine rings is 1. The summed E-state index contributed by atoms with van der Waals surface area (Å²) in [7, 11) is 1.30. The molecule has 3 fully saturated rings. The van der Waals surface area contributed by atoms with Gasteiger partial charge in [0.2, 0.25) is 0 Å². The van der Waals surface area contributed by atoms with Crippen LogP contribution in [-0.4, -0.2) is 60.9 Å². The van der Waals surface area contributed by atoms with Crippen molar-refractivity contribution in [2.45, 2.75) is 57.0 Å². The Morgan fingerprint density at radius 1 is 1.31 bits per heavy atom. The molecular formula is C21H34N6OS. The number of nitrogens with zero attached hydrogens (tertiary/aromatic N) is 4. The zero-order valence-electron chi connectivity index (χ0n) is 17.7. The van der Waals surface area contributed by atoms with Gasteiger partial charge in [-0.2, -0.15) is 5.10 Å². The summed E-state index contributed by atoms with van der Waals surface area (Å²) in [5.74, 6) is 3.78. The van der Waals surface area contributed by atoms with Crippen molar-refractivity contribution in [3.63, 3.8) is 0 Å². The van der Waals surface area contributed by atoms with Crippen molar-refractivity contribution in [3.05, 3.63) is 29.9 Å². The molecule has 1 aliphatic carbocycles. The summed E-state index contributed by atoms with van der Waals surface area (Å²) in [6, 6.07) is 0.304. The fourth-order valence-electron chi connectivity index (χ4n) is 4.57. The molecule has 1 aromatic rings. The number of aryl methyl sites for hydroxylation is 1. The van der Waals surface area contributed by atoms with Crippen LogP contribution in [-0.2, 0) is 17.8 Å². The lowest BCUT2D eigenvalue weighted by Crippen LogP contribution is -2.45. The quantitative estimate of drug-likeness (QED) is 0.561. The topological polar surface area (TPSA) is 88.5 Å². The highest BCUT2D eigenvalue weighted by Gasteiger charge is 2.46. The minimum atomic E-state index is -0.661. The number of nitrogens with one attached hydrogen (secondary N) is 1. The van der Waals surface area contributed by atoms with Crippen molar-refractivity contribution < 1.29 is 4.21 Å². The van der Waals surface area contributed by atoms with Gasteiger partial charge in [-0.25, -0.2) is 4.99 Å². The van der Waals surface area contributed by atoms with E-state index >= 15 is 0 Å². The summed E-state index contributed by atoms with van der Waals surface area (Å²) in [5, 5.41) is 7.89. The number of aliphatic imine (C=N–C) groups is 1. The van der Waals surface area contributed by atoms with E-state index in [0.29, 0.717) is 17.8 Å². The summed E-state index contributed by atoms with van der Waals surface area (Å²) < 4.78 is 13.5. The van der Waals surface area contributed by atoms with Crippen LogP contribution in [0, 0.1) is 12.8 Å². The minimum Gasteiger partial charge on any atom is -0.368 e. The van der Waals surface area contributed by atoms with E-state index in [2.05, 4.69) is 28.8 Å². The SMILES string of the molecule is C=C(N=C(c1cnn(C)c1C)N1CCC(C2(N)CC2)CC1)NC1CCS(=O)CC1. The summed E-state index contributed by atoms with van der Waals surface area (Å²) in [4.78, 5) is 7.31. The van der Waals surface area contributed by atoms with Gasteiger partial charge in [-0.1, -0.05) is 6.58 Å². The normalized spacial score (nSPS) is 27.7. The molecule has 3 aliphatic rings. The van der Waals surface area contributed by atoms with Crippen LogP contribution >= 0.6 is 0 Å². The van der Waals surface area contributed by atoms with Gasteiger partial charge in [0.15, 0.2) is 0 Å². The van der Waals surface area contributed by atoms with Crippen LogP contribution in [0.4, 0.5) is 0 Å². The lowest BCUT2D eigenvalue weighted by molar-refractivity contribution is 0.228. The number of nitrogens with two attached hydrogens (primary N) is 1. The van der Waals surface area contributed by atoms with Gasteiger partial charge in [0, 0.05) is 59.7 Å². The maximum Gasteiger partial charge on any atom is 0.141 e. The molecule has 1 aromatic heterocycles. The number of rotatable bonds is 5. The van der Waals surface area contributed by atoms with Crippen molar-refractivity contribution in [3.8, 4) is 0 Å². The number of aromatic nitrogens is 2. The van der Waals surface area contributed by atoms with E-state index in [4.69, 9.17) is 10.7 Å². The van der Waals surface area contributed by atoms with E-state index in [1.165, 1.54) is 12.8 Å². The van der Waals surface area contributed by atoms with E-state index in [1.54, 1.807) is 0 Å². The molecule has 0 radical (unpaired) electrons. The third-order valence-electron chi connectivity index (χ3n) is 6.91. The molecule has 0 unspecified atom stereocenters. The molecule has 2 aliphatic heterocycles. The van der Waals surface area contributed by atoms with Crippen LogP contribution in [0.3, 0.4) is 0 Å². The zero-order valence-corrected chi connectivity index (χ0v) is 18.5. The molecule has 7 nitrogen and oxygen atoms in total. The first-order valence-electron chi connectivity index (χ1n) is 10.8. The largest absolute Gasteiger partial charge is 0.368 e. The van der Waals surface area contributed by atoms with E-state index in [-0.39, 0.29) is 5.54 Å². The van der Waals surface area contributed by atoms with Crippen LogP contribution in [0.2, 0.25) is 0 Å². The van der Waals surface area contributed by atoms with Crippen molar-refractivity contribution >= 4 is 16.6 Å². The first-order chi connectivity index (χ1) is 13.9. The molecule has 4 rings (SSSR count). The van der Waals surface area contributed by atoms with Crippen LogP contribution in [0.15, 0.2) is 23.6 Å². The molecule has 3 heterocycles. The number of amidine groups is 1. The fraction of sp³-hybridized carbons (Fsp3) is 0.714. The highest BCUT2D eigenvalue weighted by molar-refractivity contribution is 7.85. The van der Waals surface area contributed by atoms with Crippen LogP contribution in [0.25, 0.3) is 0 Å². The molecule has 3 N–H and O–H groups in total. The Morgan fingerprint density at radius 3 is 2.52 bits per heavy atom. The second kappa shape index (κ2) is 8.22. The smallest absolute Gasteiger partial charge is 0.141 e. The van der Waals surface area contributed by atoms with Crippen LogP contribution in [0.1, 0.15) is 49.8 Å². The zero-order chi connectivity index (χ0) is 20.6. The summed E-state index contributed by atoms with van der Waals surface area (Å²) in [6.45, 7) is 8.19. The van der Waals surface area contributed by atoms with Gasteiger partial charge in [0.25, 0.3) is 0 Å². The molecule has 0 aromatic carbocycles. The van der Waals surface area contributed by atoms with Crippen molar-refractivity contribution in [2.75, 3.05) is 24.6 Å². The fourth-order valence-corrected chi connectivity index (χ4v) is 5.87. The Labute approximate surface area is 176 Å². The Morgan fingerprint density at radius 2 is 1.97 bits per heavy atom. The lowest BCUT2D eigenvalue weighted by atomic mass is 9.87. The molecule has 0 atom stereocenters. The first-order valence-corrected chi connectivity index (χ1v) is 12.3. The van der Waals surface area contributed by atoms with E-state index in [0.717, 1.165) is 67.4 Å². The van der Waals surface area contributed by atoms with Gasteiger partial charge < -0.3 is 16.0 Å². The van der Waals surface area contributed by atoms with E-state index in [1.807, 2.05) is 17.9 Å². The van der Waals surface area contributed by atoms with Crippen LogP contribution in [0.5, 0.6) is 0 Å². The van der Waals surface area contributed by atoms with E-state index < -0.39 is 10.8 Å². The third kappa shape index (κ3) is 4.58. The van der Waals surface area contributed by atoms with Gasteiger partial charge in [0.05, 0.1) is 11.8 Å². The maximum absolute atomic E-state index is 11.6. The molecule has 0 bridgehead atoms. The maximum atomic E-state index is 11.6. The molecule has 29 heavy (non-hydrogen) atoms. The standard InChI is InChI=1S/C21H34N6OS/c1-15-19(14-23-26(15)3)20(25-16(2)24-18-6-12-29(28)13-7-18)27-10-4-17(5-11-27)21(22)8-9-21/h14,17-18,24H,2,4-13,22H2,1,3H3. The van der Waals surface area contributed by atoms with Gasteiger partial charge in [-0.05, 0) is 51.4 Å². The number of hydrogen-bond donors (Lipinski definition) is 2. The summed E-state index contributed by atoms with van der Waals surface area (Å²) >= 11 is 0. The molecular weight excluding hydrogens is 384 g/mol. The second-order valence-corrected chi connectivity index (χ2v) is 10.6. The Hall–Kier alpha value is -1.67. The highest BCUT2D eigenvalue weighted by Crippen LogP contribution is 2.44. The van der Waals surface area contributed by atoms with E-state index in [9.17, 15) is 4.21 Å². The molecule has 2 saturated heterocycles. The molecule has 8 heteroatoms. The average Bonchev–Trinajstić information content (AvgIpc) is 3.38. The Balaban J connectivity index is 1.49. The molecule has 0 amide bonds. The van der Waals surface area contributed by atoms with Gasteiger partial charge in [-0.15, -0.1) is 0 Å². The van der Waals surface area contributed by atoms with Crippen LogP contribution < -0.4 is 11.1 Å². The van der Waals surface area contributed by atoms with Gasteiger partial charge >= 0.3 is 0 Å². The molecule has 1 saturated carbocycles. The average molecular weight is 419 g/mol. The number of hydrogen-bond acceptors (Lipinski definition) is 5. The molecule has 160 valence electrons. The van der Waals surface area contributed by atoms with Gasteiger partial charge in [-0.3, -0.25) is 8.89 Å². The Bertz CT molecular complexity index is 809. The Kier molecular flexibility index (Phi) is 5.84. The monoisotopic (exact) mass is 418 g/mol. The molecule has 0 spiro atoms. The highest BCUT2D eigenvalue weighted by atomic mass is 32.2.